The van der Waals surface area contributed by atoms with Gasteiger partial charge in [0, 0.05) is 18.7 Å². The van der Waals surface area contributed by atoms with E-state index in [0.717, 1.165) is 12.8 Å². The minimum atomic E-state index is -0.266. The monoisotopic (exact) mass is 537 g/mol. The average Bonchev–Trinajstić information content (AvgIpc) is 3.40. The van der Waals surface area contributed by atoms with Gasteiger partial charge in [-0.25, -0.2) is 4.68 Å². The van der Waals surface area contributed by atoms with E-state index in [2.05, 4.69) is 58.1 Å². The van der Waals surface area contributed by atoms with Crippen LogP contribution in [0.4, 0.5) is 5.69 Å². The van der Waals surface area contributed by atoms with Gasteiger partial charge < -0.3 is 19.5 Å². The molecule has 0 saturated heterocycles. The van der Waals surface area contributed by atoms with Crippen LogP contribution in [-0.4, -0.2) is 47.4 Å². The summed E-state index contributed by atoms with van der Waals surface area (Å²) in [5, 5.41) is 15.0. The van der Waals surface area contributed by atoms with Crippen LogP contribution < -0.4 is 19.5 Å². The molecule has 1 atom stereocenters. The highest BCUT2D eigenvalue weighted by Crippen LogP contribution is 2.39. The van der Waals surface area contributed by atoms with Crippen molar-refractivity contribution in [1.29, 1.82) is 0 Å². The number of hydrogen-bond acceptors (Lipinski definition) is 7. The summed E-state index contributed by atoms with van der Waals surface area (Å²) in [6.45, 7) is 2.91. The number of carbonyl (C=O) groups excluding carboxylic acids is 1. The molecule has 3 rings (SSSR count). The Bertz CT molecular complexity index is 1110. The molecule has 0 aliphatic heterocycles. The number of nitrogens with one attached hydrogen (secondary N) is 1. The Morgan fingerprint density at radius 2 is 1.56 bits per heavy atom. The fourth-order valence-corrected chi connectivity index (χ4v) is 4.84. The summed E-state index contributed by atoms with van der Waals surface area (Å²) in [5.74, 6) is 2.21. The van der Waals surface area contributed by atoms with Gasteiger partial charge in [-0.3, -0.25) is 4.79 Å². The molecule has 2 aromatic carbocycles. The Hall–Kier alpha value is -3.62. The Morgan fingerprint density at radius 3 is 2.23 bits per heavy atom. The van der Waals surface area contributed by atoms with Crippen LogP contribution in [0.5, 0.6) is 17.2 Å². The first-order valence-electron chi connectivity index (χ1n) is 14.0. The van der Waals surface area contributed by atoms with E-state index in [9.17, 15) is 4.79 Å². The van der Waals surface area contributed by atoms with Gasteiger partial charge in [0.2, 0.25) is 5.91 Å². The number of nitrogens with zero attached hydrogens (tertiary/aromatic N) is 4. The quantitative estimate of drug-likeness (QED) is 0.193. The Kier molecular flexibility index (Phi) is 12.6. The summed E-state index contributed by atoms with van der Waals surface area (Å²) < 4.78 is 17.9. The molecule has 1 amide bonds. The molecule has 0 radical (unpaired) electrons. The minimum Gasteiger partial charge on any atom is -0.496 e. The standard InChI is InChI=1S/C30H43N5O4/c1-5-6-7-8-9-11-15-24(23-16-12-10-13-17-23)18-14-19-35-28(32-33-34-35)22-29(36)31-30-26(38-3)20-25(37-2)21-27(30)39-4/h10,12-13,16-17,20-21,24H,5-9,11,14-15,18-19,22H2,1-4H3,(H,31,36). The van der Waals surface area contributed by atoms with Gasteiger partial charge in [-0.05, 0) is 41.2 Å². The number of tetrazole rings is 1. The number of unbranched alkanes of at least 4 members (excludes halogenated alkanes) is 5. The fourth-order valence-electron chi connectivity index (χ4n) is 4.84. The van der Waals surface area contributed by atoms with Crippen molar-refractivity contribution in [3.63, 3.8) is 0 Å². The molecule has 0 spiro atoms. The average molecular weight is 538 g/mol. The molecule has 0 aliphatic carbocycles. The van der Waals surface area contributed by atoms with Crippen molar-refractivity contribution in [2.45, 2.75) is 83.6 Å². The zero-order valence-corrected chi connectivity index (χ0v) is 23.8. The maximum absolute atomic E-state index is 12.9. The lowest BCUT2D eigenvalue weighted by Crippen LogP contribution is -2.19. The molecule has 212 valence electrons. The minimum absolute atomic E-state index is 0.0329. The number of aromatic nitrogens is 4. The summed E-state index contributed by atoms with van der Waals surface area (Å²) in [6.07, 6.45) is 11.0. The molecule has 3 aromatic rings. The summed E-state index contributed by atoms with van der Waals surface area (Å²) in [6, 6.07) is 14.2. The van der Waals surface area contributed by atoms with Crippen LogP contribution in [-0.2, 0) is 17.8 Å². The number of aryl methyl sites for hydroxylation is 1. The van der Waals surface area contributed by atoms with Crippen LogP contribution in [0.2, 0.25) is 0 Å². The molecule has 0 saturated carbocycles. The van der Waals surface area contributed by atoms with E-state index in [1.165, 1.54) is 64.7 Å². The molecule has 1 N–H and O–H groups in total. The summed E-state index contributed by atoms with van der Waals surface area (Å²) in [4.78, 5) is 12.9. The topological polar surface area (TPSA) is 100 Å². The second kappa shape index (κ2) is 16.4. The largest absolute Gasteiger partial charge is 0.496 e. The van der Waals surface area contributed by atoms with Crippen molar-refractivity contribution < 1.29 is 19.0 Å². The number of benzene rings is 2. The van der Waals surface area contributed by atoms with Crippen molar-refractivity contribution in [1.82, 2.24) is 20.2 Å². The summed E-state index contributed by atoms with van der Waals surface area (Å²) in [7, 11) is 4.61. The second-order valence-electron chi connectivity index (χ2n) is 9.76. The fraction of sp³-hybridized carbons (Fsp3) is 0.533. The molecule has 39 heavy (non-hydrogen) atoms. The summed E-state index contributed by atoms with van der Waals surface area (Å²) in [5.41, 5.74) is 1.83. The maximum atomic E-state index is 12.9. The first-order valence-corrected chi connectivity index (χ1v) is 14.0. The number of anilines is 1. The molecule has 1 heterocycles. The van der Waals surface area contributed by atoms with Crippen molar-refractivity contribution in [3.8, 4) is 17.2 Å². The molecule has 9 heteroatoms. The highest BCUT2D eigenvalue weighted by atomic mass is 16.5. The molecule has 1 unspecified atom stereocenters. The number of carbonyl (C=O) groups is 1. The third-order valence-electron chi connectivity index (χ3n) is 7.00. The lowest BCUT2D eigenvalue weighted by atomic mass is 9.89. The van der Waals surface area contributed by atoms with Gasteiger partial charge in [-0.1, -0.05) is 75.8 Å². The van der Waals surface area contributed by atoms with Gasteiger partial charge in [0.1, 0.15) is 22.9 Å². The number of hydrogen-bond donors (Lipinski definition) is 1. The molecule has 0 fully saturated rings. The van der Waals surface area contributed by atoms with E-state index in [0.29, 0.717) is 41.2 Å². The molecular formula is C30H43N5O4. The van der Waals surface area contributed by atoms with E-state index in [1.54, 1.807) is 23.9 Å². The Morgan fingerprint density at radius 1 is 0.897 bits per heavy atom. The van der Waals surface area contributed by atoms with Crippen LogP contribution in [0.15, 0.2) is 42.5 Å². The number of amides is 1. The first-order chi connectivity index (χ1) is 19.1. The van der Waals surface area contributed by atoms with E-state index >= 15 is 0 Å². The van der Waals surface area contributed by atoms with Crippen molar-refractivity contribution in [2.24, 2.45) is 0 Å². The van der Waals surface area contributed by atoms with Crippen LogP contribution in [0.1, 0.15) is 82.0 Å². The third kappa shape index (κ3) is 9.26. The lowest BCUT2D eigenvalue weighted by molar-refractivity contribution is -0.115. The molecule has 9 nitrogen and oxygen atoms in total. The second-order valence-corrected chi connectivity index (χ2v) is 9.76. The normalized spacial score (nSPS) is 11.7. The number of rotatable bonds is 18. The van der Waals surface area contributed by atoms with Crippen LogP contribution >= 0.6 is 0 Å². The van der Waals surface area contributed by atoms with Crippen molar-refractivity contribution >= 4 is 11.6 Å². The SMILES string of the molecule is CCCCCCCCC(CCCn1nnnc1CC(=O)Nc1c(OC)cc(OC)cc1OC)c1ccccc1. The first kappa shape index (κ1) is 29.9. The van der Waals surface area contributed by atoms with E-state index in [1.807, 2.05) is 0 Å². The molecule has 1 aromatic heterocycles. The van der Waals surface area contributed by atoms with Gasteiger partial charge in [0.15, 0.2) is 5.82 Å². The predicted molar refractivity (Wildman–Crippen MR) is 153 cm³/mol. The zero-order chi connectivity index (χ0) is 27.9. The number of ether oxygens (including phenoxy) is 3. The maximum Gasteiger partial charge on any atom is 0.232 e. The lowest BCUT2D eigenvalue weighted by Gasteiger charge is -2.18. The molecule has 0 aliphatic rings. The zero-order valence-electron chi connectivity index (χ0n) is 23.8. The Balaban J connectivity index is 1.57. The van der Waals surface area contributed by atoms with Crippen LogP contribution in [0, 0.1) is 0 Å². The van der Waals surface area contributed by atoms with E-state index < -0.39 is 0 Å². The van der Waals surface area contributed by atoms with E-state index in [-0.39, 0.29) is 12.3 Å². The predicted octanol–water partition coefficient (Wildman–Crippen LogP) is 6.19. The highest BCUT2D eigenvalue weighted by Gasteiger charge is 2.19. The van der Waals surface area contributed by atoms with Crippen molar-refractivity contribution in [2.75, 3.05) is 26.6 Å². The van der Waals surface area contributed by atoms with Crippen molar-refractivity contribution in [3.05, 3.63) is 53.9 Å². The molecule has 0 bridgehead atoms. The van der Waals surface area contributed by atoms with Gasteiger partial charge in [-0.15, -0.1) is 5.10 Å². The highest BCUT2D eigenvalue weighted by molar-refractivity contribution is 5.95. The smallest absolute Gasteiger partial charge is 0.232 e. The Labute approximate surface area is 232 Å². The van der Waals surface area contributed by atoms with Crippen LogP contribution in [0.25, 0.3) is 0 Å². The van der Waals surface area contributed by atoms with Gasteiger partial charge >= 0.3 is 0 Å². The van der Waals surface area contributed by atoms with E-state index in [4.69, 9.17) is 14.2 Å². The van der Waals surface area contributed by atoms with Crippen LogP contribution in [0.3, 0.4) is 0 Å². The van der Waals surface area contributed by atoms with Gasteiger partial charge in [-0.2, -0.15) is 0 Å². The van der Waals surface area contributed by atoms with Gasteiger partial charge in [0.05, 0.1) is 27.8 Å². The third-order valence-corrected chi connectivity index (χ3v) is 7.00. The molecular weight excluding hydrogens is 494 g/mol. The van der Waals surface area contributed by atoms with Gasteiger partial charge in [0.25, 0.3) is 0 Å². The summed E-state index contributed by atoms with van der Waals surface area (Å²) >= 11 is 0. The number of methoxy groups -OCH3 is 3.